The average molecular weight is 526 g/mol. The Kier molecular flexibility index (Phi) is 15.0. The monoisotopic (exact) mass is 525 g/mol. The predicted octanol–water partition coefficient (Wildman–Crippen LogP) is 10.0. The summed E-state index contributed by atoms with van der Waals surface area (Å²) in [5, 5.41) is 3.46. The molecular weight excluding hydrogens is 470 g/mol. The van der Waals surface area contributed by atoms with Crippen LogP contribution in [0.1, 0.15) is 118 Å². The average Bonchev–Trinajstić information content (AvgIpc) is 3.00. The van der Waals surface area contributed by atoms with Gasteiger partial charge in [-0.15, -0.1) is 0 Å². The molecule has 0 aromatic heterocycles. The lowest BCUT2D eigenvalue weighted by Crippen LogP contribution is -2.26. The molecule has 1 nitrogen and oxygen atoms in total. The van der Waals surface area contributed by atoms with Crippen LogP contribution in [0.25, 0.3) is 0 Å². The van der Waals surface area contributed by atoms with Crippen LogP contribution in [0, 0.1) is 0 Å². The zero-order valence-electron chi connectivity index (χ0n) is 25.3. The van der Waals surface area contributed by atoms with E-state index in [2.05, 4.69) is 98.9 Å². The topological polar surface area (TPSA) is 12.0 Å². The van der Waals surface area contributed by atoms with Crippen LogP contribution in [0.5, 0.6) is 0 Å². The summed E-state index contributed by atoms with van der Waals surface area (Å²) in [5.41, 5.74) is 9.26. The second kappa shape index (κ2) is 18.8. The van der Waals surface area contributed by atoms with Crippen LogP contribution in [-0.2, 0) is 32.1 Å². The third-order valence-electron chi connectivity index (χ3n) is 8.39. The summed E-state index contributed by atoms with van der Waals surface area (Å²) in [6, 6.07) is 27.3. The highest BCUT2D eigenvalue weighted by atomic mass is 14.9. The van der Waals surface area contributed by atoms with E-state index in [4.69, 9.17) is 0 Å². The van der Waals surface area contributed by atoms with Crippen LogP contribution in [0.4, 0.5) is 0 Å². The number of aryl methyl sites for hydroxylation is 5. The van der Waals surface area contributed by atoms with E-state index in [1.807, 2.05) is 0 Å². The largest absolute Gasteiger partial charge is 0.317 e. The molecule has 1 heteroatoms. The highest BCUT2D eigenvalue weighted by molar-refractivity contribution is 5.28. The zero-order chi connectivity index (χ0) is 27.5. The molecule has 1 fully saturated rings. The molecule has 1 aliphatic heterocycles. The van der Waals surface area contributed by atoms with Gasteiger partial charge in [0, 0.05) is 0 Å². The molecule has 0 atom stereocenters. The van der Waals surface area contributed by atoms with E-state index in [-0.39, 0.29) is 0 Å². The maximum absolute atomic E-state index is 3.46. The Morgan fingerprint density at radius 3 is 1.67 bits per heavy atom. The smallest absolute Gasteiger partial charge is 0.00431 e. The molecule has 1 heterocycles. The van der Waals surface area contributed by atoms with Gasteiger partial charge < -0.3 is 5.32 Å². The van der Waals surface area contributed by atoms with Crippen molar-refractivity contribution in [2.24, 2.45) is 0 Å². The Morgan fingerprint density at radius 2 is 1.08 bits per heavy atom. The quantitative estimate of drug-likeness (QED) is 0.206. The lowest BCUT2D eigenvalue weighted by atomic mass is 9.89. The van der Waals surface area contributed by atoms with E-state index in [9.17, 15) is 0 Å². The number of benzene rings is 3. The number of nitrogens with one attached hydrogen (secondary N) is 1. The number of rotatable bonds is 14. The molecule has 0 saturated carbocycles. The molecule has 0 spiro atoms. The minimum Gasteiger partial charge on any atom is -0.317 e. The van der Waals surface area contributed by atoms with Crippen molar-refractivity contribution >= 4 is 0 Å². The Hall–Kier alpha value is -2.38. The van der Waals surface area contributed by atoms with Crippen molar-refractivity contribution in [1.82, 2.24) is 5.32 Å². The van der Waals surface area contributed by atoms with Crippen LogP contribution in [-0.4, -0.2) is 13.1 Å². The maximum atomic E-state index is 3.46. The molecule has 39 heavy (non-hydrogen) atoms. The van der Waals surface area contributed by atoms with Gasteiger partial charge in [-0.05, 0) is 117 Å². The van der Waals surface area contributed by atoms with Crippen molar-refractivity contribution in [3.8, 4) is 0 Å². The zero-order valence-corrected chi connectivity index (χ0v) is 25.3. The van der Waals surface area contributed by atoms with Gasteiger partial charge in [0.1, 0.15) is 0 Å². The van der Waals surface area contributed by atoms with Crippen molar-refractivity contribution in [2.45, 2.75) is 117 Å². The third-order valence-corrected chi connectivity index (χ3v) is 8.39. The van der Waals surface area contributed by atoms with Gasteiger partial charge in [0.2, 0.25) is 0 Å². The second-order valence-corrected chi connectivity index (χ2v) is 11.4. The number of hydrogen-bond acceptors (Lipinski definition) is 1. The van der Waals surface area contributed by atoms with Crippen LogP contribution < -0.4 is 5.32 Å². The molecule has 212 valence electrons. The van der Waals surface area contributed by atoms with E-state index in [0.29, 0.717) is 0 Å². The first-order valence-electron chi connectivity index (χ1n) is 16.2. The lowest BCUT2D eigenvalue weighted by Gasteiger charge is -2.23. The molecule has 3 aromatic rings. The van der Waals surface area contributed by atoms with Gasteiger partial charge in [0.05, 0.1) is 0 Å². The highest BCUT2D eigenvalue weighted by Crippen LogP contribution is 2.25. The first-order chi connectivity index (χ1) is 19.2. The highest BCUT2D eigenvalue weighted by Gasteiger charge is 2.14. The Balaban J connectivity index is 0.000000272. The molecule has 0 radical (unpaired) electrons. The van der Waals surface area contributed by atoms with Gasteiger partial charge in [-0.2, -0.15) is 0 Å². The van der Waals surface area contributed by atoms with Crippen molar-refractivity contribution < 1.29 is 0 Å². The standard InChI is InChI=1S/C25H35N.C13H20/c1-2-22-10-7-8-12-23(22)11-6-4-3-5-9-21-13-15-24(16-14-21)25-17-19-26-20-18-25;1-3-5-9-13-11-7-6-10-12(13)8-4-2/h7-8,10,12-16,25-26H,2-6,9,11,17-20H2,1H3;6-7,10-11H,3-5,8-9H2,1-2H3. The molecule has 0 amide bonds. The molecule has 3 aromatic carbocycles. The van der Waals surface area contributed by atoms with E-state index >= 15 is 0 Å². The molecule has 4 rings (SSSR count). The van der Waals surface area contributed by atoms with Crippen LogP contribution in [0.15, 0.2) is 72.8 Å². The fraction of sp³-hybridized carbons (Fsp3) is 0.526. The van der Waals surface area contributed by atoms with Gasteiger partial charge in [-0.3, -0.25) is 0 Å². The Labute approximate surface area is 240 Å². The normalized spacial score (nSPS) is 13.6. The van der Waals surface area contributed by atoms with Gasteiger partial charge in [0.25, 0.3) is 0 Å². The van der Waals surface area contributed by atoms with Gasteiger partial charge in [0.15, 0.2) is 0 Å². The Bertz CT molecular complexity index is 1030. The van der Waals surface area contributed by atoms with Gasteiger partial charge >= 0.3 is 0 Å². The molecule has 1 aliphatic rings. The van der Waals surface area contributed by atoms with Crippen molar-refractivity contribution in [2.75, 3.05) is 13.1 Å². The summed E-state index contributed by atoms with van der Waals surface area (Å²) in [6.07, 6.45) is 17.9. The van der Waals surface area contributed by atoms with Gasteiger partial charge in [-0.1, -0.05) is 119 Å². The molecular formula is C38H55N. The summed E-state index contributed by atoms with van der Waals surface area (Å²) in [4.78, 5) is 0. The van der Waals surface area contributed by atoms with E-state index < -0.39 is 0 Å². The summed E-state index contributed by atoms with van der Waals surface area (Å²) in [7, 11) is 0. The van der Waals surface area contributed by atoms with Crippen molar-refractivity contribution in [3.63, 3.8) is 0 Å². The minimum atomic E-state index is 0.774. The number of piperidine rings is 1. The second-order valence-electron chi connectivity index (χ2n) is 11.4. The van der Waals surface area contributed by atoms with Crippen LogP contribution in [0.2, 0.25) is 0 Å². The van der Waals surface area contributed by atoms with Crippen molar-refractivity contribution in [1.29, 1.82) is 0 Å². The number of hydrogen-bond donors (Lipinski definition) is 1. The molecule has 1 N–H and O–H groups in total. The fourth-order valence-electron chi connectivity index (χ4n) is 5.94. The first kappa shape index (κ1) is 31.2. The van der Waals surface area contributed by atoms with Crippen LogP contribution in [0.3, 0.4) is 0 Å². The summed E-state index contributed by atoms with van der Waals surface area (Å²) < 4.78 is 0. The van der Waals surface area contributed by atoms with Gasteiger partial charge in [-0.25, -0.2) is 0 Å². The first-order valence-corrected chi connectivity index (χ1v) is 16.2. The number of unbranched alkanes of at least 4 members (excludes halogenated alkanes) is 4. The third kappa shape index (κ3) is 11.3. The SMILES string of the molecule is CCCCc1ccccc1CCC.CCc1ccccc1CCCCCCc1ccc(C2CCNCC2)cc1. The summed E-state index contributed by atoms with van der Waals surface area (Å²) in [6.45, 7) is 9.11. The van der Waals surface area contributed by atoms with E-state index in [1.54, 1.807) is 22.3 Å². The molecule has 0 unspecified atom stereocenters. The van der Waals surface area contributed by atoms with Crippen molar-refractivity contribution in [3.05, 3.63) is 106 Å². The summed E-state index contributed by atoms with van der Waals surface area (Å²) in [5.74, 6) is 0.774. The molecule has 1 saturated heterocycles. The Morgan fingerprint density at radius 1 is 0.538 bits per heavy atom. The molecule has 0 bridgehead atoms. The fourth-order valence-corrected chi connectivity index (χ4v) is 5.94. The maximum Gasteiger partial charge on any atom is -0.00431 e. The minimum absolute atomic E-state index is 0.774. The van der Waals surface area contributed by atoms with E-state index in [1.165, 1.54) is 108 Å². The van der Waals surface area contributed by atoms with E-state index in [0.717, 1.165) is 12.3 Å². The predicted molar refractivity (Wildman–Crippen MR) is 172 cm³/mol. The summed E-state index contributed by atoms with van der Waals surface area (Å²) >= 11 is 0. The lowest BCUT2D eigenvalue weighted by molar-refractivity contribution is 0.460. The van der Waals surface area contributed by atoms with Crippen LogP contribution >= 0.6 is 0 Å². The molecule has 0 aliphatic carbocycles.